The van der Waals surface area contributed by atoms with Crippen LogP contribution in [0.25, 0.3) is 0 Å². The highest BCUT2D eigenvalue weighted by Crippen LogP contribution is 2.21. The molecule has 0 bridgehead atoms. The predicted octanol–water partition coefficient (Wildman–Crippen LogP) is 2.49. The van der Waals surface area contributed by atoms with Crippen LogP contribution in [-0.4, -0.2) is 43.4 Å². The van der Waals surface area contributed by atoms with Crippen molar-refractivity contribution < 1.29 is 22.4 Å². The van der Waals surface area contributed by atoms with E-state index in [0.29, 0.717) is 17.9 Å². The van der Waals surface area contributed by atoms with Gasteiger partial charge in [0.2, 0.25) is 0 Å². The summed E-state index contributed by atoms with van der Waals surface area (Å²) < 4.78 is 34.6. The summed E-state index contributed by atoms with van der Waals surface area (Å²) >= 11 is 0. The molecule has 0 saturated carbocycles. The van der Waals surface area contributed by atoms with Crippen LogP contribution in [-0.2, 0) is 21.2 Å². The average molecular weight is 377 g/mol. The molecule has 3 rings (SSSR count). The summed E-state index contributed by atoms with van der Waals surface area (Å²) in [5.41, 5.74) is 2.24. The van der Waals surface area contributed by atoms with Crippen LogP contribution in [0, 0.1) is 13.8 Å². The van der Waals surface area contributed by atoms with Gasteiger partial charge in [0.25, 0.3) is 5.91 Å². The van der Waals surface area contributed by atoms with Crippen molar-refractivity contribution in [3.05, 3.63) is 53.5 Å². The van der Waals surface area contributed by atoms with E-state index < -0.39 is 9.84 Å². The second kappa shape index (κ2) is 7.53. The molecular weight excluding hydrogens is 354 g/mol. The lowest BCUT2D eigenvalue weighted by molar-refractivity contribution is -0.136. The number of nitrogens with zero attached hydrogens (tertiary/aromatic N) is 1. The first kappa shape index (κ1) is 18.5. The molecular formula is C19H23NO5S. The number of aryl methyl sites for hydroxylation is 2. The van der Waals surface area contributed by atoms with E-state index in [1.165, 1.54) is 6.26 Å². The van der Waals surface area contributed by atoms with E-state index in [1.54, 1.807) is 17.0 Å². The number of carbonyl (C=O) groups excluding carboxylic acids is 1. The molecule has 0 radical (unpaired) electrons. The first-order chi connectivity index (χ1) is 12.3. The molecule has 1 aromatic carbocycles. The number of carbonyl (C=O) groups is 1. The molecule has 1 fully saturated rings. The number of ether oxygens (including phenoxy) is 1. The van der Waals surface area contributed by atoms with Crippen molar-refractivity contribution in [1.82, 2.24) is 4.90 Å². The average Bonchev–Trinajstić information content (AvgIpc) is 3.22. The van der Waals surface area contributed by atoms with Gasteiger partial charge in [0.1, 0.15) is 11.5 Å². The Hall–Kier alpha value is -2.28. The molecule has 0 N–H and O–H groups in total. The van der Waals surface area contributed by atoms with Crippen molar-refractivity contribution in [2.45, 2.75) is 32.9 Å². The van der Waals surface area contributed by atoms with Gasteiger partial charge in [-0.3, -0.25) is 4.79 Å². The van der Waals surface area contributed by atoms with Crippen LogP contribution < -0.4 is 4.74 Å². The summed E-state index contributed by atoms with van der Waals surface area (Å²) in [4.78, 5) is 14.3. The Morgan fingerprint density at radius 3 is 2.69 bits per heavy atom. The van der Waals surface area contributed by atoms with Gasteiger partial charge in [0, 0.05) is 6.04 Å². The highest BCUT2D eigenvalue weighted by molar-refractivity contribution is 7.91. The Morgan fingerprint density at radius 2 is 2.08 bits per heavy atom. The van der Waals surface area contributed by atoms with Gasteiger partial charge in [0.15, 0.2) is 16.4 Å². The SMILES string of the molecule is Cc1ccc(OCC(=O)N(Cc2ccco2)[C@H]2CCS(=O)(=O)C2)cc1C. The van der Waals surface area contributed by atoms with Gasteiger partial charge in [0.05, 0.1) is 24.3 Å². The molecule has 1 atom stereocenters. The number of furan rings is 1. The Bertz CT molecular complexity index is 873. The maximum atomic E-state index is 12.8. The molecule has 1 saturated heterocycles. The van der Waals surface area contributed by atoms with Crippen LogP contribution in [0.15, 0.2) is 41.0 Å². The van der Waals surface area contributed by atoms with E-state index in [2.05, 4.69) is 0 Å². The molecule has 1 aliphatic rings. The Labute approximate surface area is 153 Å². The van der Waals surface area contributed by atoms with Gasteiger partial charge >= 0.3 is 0 Å². The Kier molecular flexibility index (Phi) is 5.36. The lowest BCUT2D eigenvalue weighted by Crippen LogP contribution is -2.43. The van der Waals surface area contributed by atoms with Gasteiger partial charge in [-0.1, -0.05) is 6.07 Å². The fourth-order valence-electron chi connectivity index (χ4n) is 3.04. The van der Waals surface area contributed by atoms with E-state index in [1.807, 2.05) is 32.0 Å². The molecule has 0 aliphatic carbocycles. The second-order valence-electron chi connectivity index (χ2n) is 6.69. The number of rotatable bonds is 6. The first-order valence-corrected chi connectivity index (χ1v) is 10.4. The number of benzene rings is 1. The van der Waals surface area contributed by atoms with Crippen molar-refractivity contribution in [2.24, 2.45) is 0 Å². The van der Waals surface area contributed by atoms with Crippen LogP contribution in [0.4, 0.5) is 0 Å². The van der Waals surface area contributed by atoms with Gasteiger partial charge < -0.3 is 14.1 Å². The molecule has 1 amide bonds. The molecule has 140 valence electrons. The molecule has 26 heavy (non-hydrogen) atoms. The minimum absolute atomic E-state index is 0.0108. The smallest absolute Gasteiger partial charge is 0.261 e. The molecule has 1 aromatic heterocycles. The molecule has 0 spiro atoms. The van der Waals surface area contributed by atoms with E-state index in [9.17, 15) is 13.2 Å². The van der Waals surface area contributed by atoms with E-state index >= 15 is 0 Å². The van der Waals surface area contributed by atoms with Crippen molar-refractivity contribution in [3.63, 3.8) is 0 Å². The van der Waals surface area contributed by atoms with E-state index in [0.717, 1.165) is 11.1 Å². The second-order valence-corrected chi connectivity index (χ2v) is 8.92. The van der Waals surface area contributed by atoms with Gasteiger partial charge in [-0.25, -0.2) is 8.42 Å². The maximum absolute atomic E-state index is 12.8. The molecule has 2 heterocycles. The molecule has 7 heteroatoms. The van der Waals surface area contributed by atoms with Gasteiger partial charge in [-0.2, -0.15) is 0 Å². The quantitative estimate of drug-likeness (QED) is 0.773. The minimum atomic E-state index is -3.10. The van der Waals surface area contributed by atoms with Crippen LogP contribution >= 0.6 is 0 Å². The normalized spacial score (nSPS) is 18.6. The third-order valence-corrected chi connectivity index (χ3v) is 6.47. The highest BCUT2D eigenvalue weighted by Gasteiger charge is 2.35. The summed E-state index contributed by atoms with van der Waals surface area (Å²) in [7, 11) is -3.10. The fourth-order valence-corrected chi connectivity index (χ4v) is 4.77. The molecule has 2 aromatic rings. The van der Waals surface area contributed by atoms with Crippen LogP contribution in [0.2, 0.25) is 0 Å². The lowest BCUT2D eigenvalue weighted by atomic mass is 10.1. The standard InChI is InChI=1S/C19H23NO5S/c1-14-5-6-17(10-15(14)2)25-12-19(21)20(11-18-4-3-8-24-18)16-7-9-26(22,23)13-16/h3-6,8,10,16H,7,9,11-13H2,1-2H3/t16-/m0/s1. The zero-order valence-electron chi connectivity index (χ0n) is 15.0. The third-order valence-electron chi connectivity index (χ3n) is 4.72. The van der Waals surface area contributed by atoms with E-state index in [4.69, 9.17) is 9.15 Å². The number of hydrogen-bond acceptors (Lipinski definition) is 5. The predicted molar refractivity (Wildman–Crippen MR) is 97.7 cm³/mol. The maximum Gasteiger partial charge on any atom is 0.261 e. The van der Waals surface area contributed by atoms with Crippen LogP contribution in [0.5, 0.6) is 5.75 Å². The summed E-state index contributed by atoms with van der Waals surface area (Å²) in [5.74, 6) is 1.09. The minimum Gasteiger partial charge on any atom is -0.484 e. The van der Waals surface area contributed by atoms with Crippen molar-refractivity contribution >= 4 is 15.7 Å². The summed E-state index contributed by atoms with van der Waals surface area (Å²) in [6, 6.07) is 8.83. The fraction of sp³-hybridized carbons (Fsp3) is 0.421. The Balaban J connectivity index is 1.70. The molecule has 1 aliphatic heterocycles. The number of amides is 1. The number of sulfone groups is 1. The molecule has 6 nitrogen and oxygen atoms in total. The molecule has 0 unspecified atom stereocenters. The topological polar surface area (TPSA) is 76.8 Å². The van der Waals surface area contributed by atoms with Crippen molar-refractivity contribution in [1.29, 1.82) is 0 Å². The summed E-state index contributed by atoms with van der Waals surface area (Å²) in [6.45, 7) is 4.09. The van der Waals surface area contributed by atoms with Gasteiger partial charge in [-0.05, 0) is 55.7 Å². The zero-order chi connectivity index (χ0) is 18.7. The van der Waals surface area contributed by atoms with Crippen molar-refractivity contribution in [2.75, 3.05) is 18.1 Å². The summed E-state index contributed by atoms with van der Waals surface area (Å²) in [6.07, 6.45) is 1.98. The third kappa shape index (κ3) is 4.46. The Morgan fingerprint density at radius 1 is 1.27 bits per heavy atom. The highest BCUT2D eigenvalue weighted by atomic mass is 32.2. The van der Waals surface area contributed by atoms with E-state index in [-0.39, 0.29) is 36.6 Å². The van der Waals surface area contributed by atoms with Crippen LogP contribution in [0.1, 0.15) is 23.3 Å². The zero-order valence-corrected chi connectivity index (χ0v) is 15.8. The first-order valence-electron chi connectivity index (χ1n) is 8.56. The van der Waals surface area contributed by atoms with Gasteiger partial charge in [-0.15, -0.1) is 0 Å². The monoisotopic (exact) mass is 377 g/mol. The van der Waals surface area contributed by atoms with Crippen LogP contribution in [0.3, 0.4) is 0 Å². The number of hydrogen-bond donors (Lipinski definition) is 0. The lowest BCUT2D eigenvalue weighted by Gasteiger charge is -2.27. The largest absolute Gasteiger partial charge is 0.484 e. The summed E-state index contributed by atoms with van der Waals surface area (Å²) in [5, 5.41) is 0. The van der Waals surface area contributed by atoms with Crippen molar-refractivity contribution in [3.8, 4) is 5.75 Å².